The van der Waals surface area contributed by atoms with Crippen molar-refractivity contribution in [2.24, 2.45) is 0 Å². The van der Waals surface area contributed by atoms with Crippen molar-refractivity contribution in [1.29, 1.82) is 0 Å². The first-order chi connectivity index (χ1) is 16.6. The molecule has 4 rings (SSSR count). The summed E-state index contributed by atoms with van der Waals surface area (Å²) >= 11 is 0. The van der Waals surface area contributed by atoms with Crippen molar-refractivity contribution in [3.05, 3.63) is 77.9 Å². The van der Waals surface area contributed by atoms with E-state index in [2.05, 4.69) is 11.4 Å². The number of sulfone groups is 1. The van der Waals surface area contributed by atoms with Crippen LogP contribution in [0, 0.1) is 0 Å². The third-order valence-electron chi connectivity index (χ3n) is 6.28. The van der Waals surface area contributed by atoms with Gasteiger partial charge in [0.15, 0.2) is 9.84 Å². The molecule has 7 nitrogen and oxygen atoms in total. The average Bonchev–Trinajstić information content (AvgIpc) is 2.83. The molecule has 0 aliphatic carbocycles. The van der Waals surface area contributed by atoms with E-state index in [0.29, 0.717) is 12.0 Å². The minimum atomic E-state index is -3.27. The molecule has 1 N–H and O–H groups in total. The fourth-order valence-electron chi connectivity index (χ4n) is 4.58. The summed E-state index contributed by atoms with van der Waals surface area (Å²) in [6, 6.07) is 19.8. The second-order valence-corrected chi connectivity index (χ2v) is 10.8. The maximum Gasteiger partial charge on any atom is 0.337 e. The number of carbonyl (C=O) groups is 2. The summed E-state index contributed by atoms with van der Waals surface area (Å²) in [5, 5.41) is 3.52. The van der Waals surface area contributed by atoms with Gasteiger partial charge in [0.1, 0.15) is 0 Å². The van der Waals surface area contributed by atoms with Crippen LogP contribution in [0.25, 0.3) is 11.1 Å². The predicted octanol–water partition coefficient (Wildman–Crippen LogP) is 4.84. The number of ether oxygens (including phenoxy) is 1. The van der Waals surface area contributed by atoms with Crippen LogP contribution in [0.3, 0.4) is 0 Å². The van der Waals surface area contributed by atoms with Gasteiger partial charge in [0, 0.05) is 30.6 Å². The van der Waals surface area contributed by atoms with E-state index >= 15 is 0 Å². The molecule has 3 aromatic rings. The summed E-state index contributed by atoms with van der Waals surface area (Å²) in [7, 11) is -1.92. The summed E-state index contributed by atoms with van der Waals surface area (Å²) in [5.41, 5.74) is 4.98. The smallest absolute Gasteiger partial charge is 0.337 e. The summed E-state index contributed by atoms with van der Waals surface area (Å²) in [4.78, 5) is 26.3. The van der Waals surface area contributed by atoms with Crippen molar-refractivity contribution in [2.45, 2.75) is 37.2 Å². The van der Waals surface area contributed by atoms with E-state index in [1.54, 1.807) is 43.3 Å². The molecule has 0 fully saturated rings. The van der Waals surface area contributed by atoms with E-state index in [0.717, 1.165) is 28.1 Å². The Morgan fingerprint density at radius 2 is 1.60 bits per heavy atom. The number of methoxy groups -OCH3 is 1. The number of esters is 1. The number of nitrogens with one attached hydrogen (secondary N) is 1. The standard InChI is InChI=1S/C27H28N2O5S/c1-17-15-25(28-22-10-12-23(13-11-22)35(4,32)33)24-16-21(9-14-26(24)29(17)18(2)30)19-5-7-20(8-6-19)27(31)34-3/h5-14,16-17,25,28H,15H2,1-4H3/t17-,25+/m0/s1. The van der Waals surface area contributed by atoms with Gasteiger partial charge in [-0.2, -0.15) is 0 Å². The first-order valence-electron chi connectivity index (χ1n) is 11.3. The van der Waals surface area contributed by atoms with Gasteiger partial charge < -0.3 is 15.0 Å². The number of amides is 1. The van der Waals surface area contributed by atoms with Gasteiger partial charge >= 0.3 is 5.97 Å². The number of anilines is 2. The number of carbonyl (C=O) groups excluding carboxylic acids is 2. The van der Waals surface area contributed by atoms with E-state index in [4.69, 9.17) is 4.74 Å². The predicted molar refractivity (Wildman–Crippen MR) is 136 cm³/mol. The van der Waals surface area contributed by atoms with Crippen LogP contribution in [0.4, 0.5) is 11.4 Å². The highest BCUT2D eigenvalue weighted by atomic mass is 32.2. The number of hydrogen-bond acceptors (Lipinski definition) is 6. The van der Waals surface area contributed by atoms with E-state index in [1.165, 1.54) is 13.4 Å². The highest BCUT2D eigenvalue weighted by Crippen LogP contribution is 2.41. The van der Waals surface area contributed by atoms with Crippen LogP contribution in [-0.2, 0) is 19.4 Å². The summed E-state index contributed by atoms with van der Waals surface area (Å²) in [6.45, 7) is 3.59. The Labute approximate surface area is 205 Å². The van der Waals surface area contributed by atoms with Crippen LogP contribution in [0.2, 0.25) is 0 Å². The van der Waals surface area contributed by atoms with Gasteiger partial charge in [0.25, 0.3) is 0 Å². The van der Waals surface area contributed by atoms with Gasteiger partial charge in [-0.25, -0.2) is 13.2 Å². The average molecular weight is 493 g/mol. The van der Waals surface area contributed by atoms with E-state index < -0.39 is 9.84 Å². The summed E-state index contributed by atoms with van der Waals surface area (Å²) in [5.74, 6) is -0.413. The molecule has 0 radical (unpaired) electrons. The van der Waals surface area contributed by atoms with Crippen LogP contribution >= 0.6 is 0 Å². The van der Waals surface area contributed by atoms with Crippen molar-refractivity contribution < 1.29 is 22.7 Å². The maximum absolute atomic E-state index is 12.5. The lowest BCUT2D eigenvalue weighted by Gasteiger charge is -2.39. The third-order valence-corrected chi connectivity index (χ3v) is 7.41. The Balaban J connectivity index is 1.71. The zero-order chi connectivity index (χ0) is 25.3. The highest BCUT2D eigenvalue weighted by molar-refractivity contribution is 7.90. The number of fused-ring (bicyclic) bond motifs is 1. The number of hydrogen-bond donors (Lipinski definition) is 1. The number of nitrogens with zero attached hydrogens (tertiary/aromatic N) is 1. The quantitative estimate of drug-likeness (QED) is 0.512. The molecule has 0 saturated heterocycles. The summed E-state index contributed by atoms with van der Waals surface area (Å²) in [6.07, 6.45) is 1.87. The Bertz CT molecular complexity index is 1370. The third kappa shape index (κ3) is 5.07. The van der Waals surface area contributed by atoms with Gasteiger partial charge in [0.05, 0.1) is 23.6 Å². The fourth-order valence-corrected chi connectivity index (χ4v) is 5.21. The van der Waals surface area contributed by atoms with Gasteiger partial charge in [-0.1, -0.05) is 18.2 Å². The van der Waals surface area contributed by atoms with E-state index in [1.807, 2.05) is 36.1 Å². The lowest BCUT2D eigenvalue weighted by atomic mass is 9.88. The Morgan fingerprint density at radius 1 is 0.971 bits per heavy atom. The molecule has 3 aromatic carbocycles. The molecule has 182 valence electrons. The number of benzene rings is 3. The minimum Gasteiger partial charge on any atom is -0.465 e. The van der Waals surface area contributed by atoms with Crippen LogP contribution in [-0.4, -0.2) is 39.7 Å². The molecule has 0 saturated carbocycles. The van der Waals surface area contributed by atoms with Gasteiger partial charge in [-0.3, -0.25) is 4.79 Å². The maximum atomic E-state index is 12.5. The van der Waals surface area contributed by atoms with Crippen LogP contribution < -0.4 is 10.2 Å². The molecule has 0 spiro atoms. The number of rotatable bonds is 5. The molecular weight excluding hydrogens is 464 g/mol. The first kappa shape index (κ1) is 24.5. The lowest BCUT2D eigenvalue weighted by molar-refractivity contribution is -0.117. The molecule has 1 amide bonds. The Hall–Kier alpha value is -3.65. The zero-order valence-electron chi connectivity index (χ0n) is 20.1. The van der Waals surface area contributed by atoms with E-state index in [9.17, 15) is 18.0 Å². The first-order valence-corrected chi connectivity index (χ1v) is 13.2. The molecule has 0 aromatic heterocycles. The molecule has 35 heavy (non-hydrogen) atoms. The van der Waals surface area contributed by atoms with Crippen LogP contribution in [0.15, 0.2) is 71.6 Å². The van der Waals surface area contributed by atoms with Gasteiger partial charge in [-0.15, -0.1) is 0 Å². The topological polar surface area (TPSA) is 92.8 Å². The monoisotopic (exact) mass is 492 g/mol. The Morgan fingerprint density at radius 3 is 2.17 bits per heavy atom. The second-order valence-electron chi connectivity index (χ2n) is 8.81. The second kappa shape index (κ2) is 9.54. The fraction of sp³-hybridized carbons (Fsp3) is 0.259. The van der Waals surface area contributed by atoms with Crippen molar-refractivity contribution in [3.63, 3.8) is 0 Å². The van der Waals surface area contributed by atoms with Crippen molar-refractivity contribution in [2.75, 3.05) is 23.6 Å². The zero-order valence-corrected chi connectivity index (χ0v) is 20.9. The highest BCUT2D eigenvalue weighted by Gasteiger charge is 2.32. The SMILES string of the molecule is COC(=O)c1ccc(-c2ccc3c(c2)[C@H](Nc2ccc(S(C)(=O)=O)cc2)C[C@H](C)N3C(C)=O)cc1. The molecule has 1 aliphatic rings. The largest absolute Gasteiger partial charge is 0.465 e. The van der Waals surface area contributed by atoms with Crippen molar-refractivity contribution in [3.8, 4) is 11.1 Å². The van der Waals surface area contributed by atoms with Gasteiger partial charge in [0.2, 0.25) is 5.91 Å². The molecule has 0 unspecified atom stereocenters. The molecular formula is C27H28N2O5S. The van der Waals surface area contributed by atoms with Crippen LogP contribution in [0.5, 0.6) is 0 Å². The molecule has 0 bridgehead atoms. The lowest BCUT2D eigenvalue weighted by Crippen LogP contribution is -2.43. The minimum absolute atomic E-state index is 0.0158. The van der Waals surface area contributed by atoms with E-state index in [-0.39, 0.29) is 28.9 Å². The van der Waals surface area contributed by atoms with Crippen molar-refractivity contribution >= 4 is 33.1 Å². The molecule has 2 atom stereocenters. The van der Waals surface area contributed by atoms with Gasteiger partial charge in [-0.05, 0) is 78.6 Å². The summed E-state index contributed by atoms with van der Waals surface area (Å²) < 4.78 is 28.4. The van der Waals surface area contributed by atoms with Crippen LogP contribution in [0.1, 0.15) is 42.2 Å². The normalized spacial score (nSPS) is 17.4. The molecule has 8 heteroatoms. The molecule has 1 heterocycles. The Kier molecular flexibility index (Phi) is 6.67. The molecule has 1 aliphatic heterocycles. The van der Waals surface area contributed by atoms with Crippen molar-refractivity contribution in [1.82, 2.24) is 0 Å².